The highest BCUT2D eigenvalue weighted by molar-refractivity contribution is 5.75. The number of carbonyl (C=O) groups is 2. The van der Waals surface area contributed by atoms with Crippen molar-refractivity contribution >= 4 is 12.0 Å². The molecule has 6 nitrogen and oxygen atoms in total. The monoisotopic (exact) mass is 378 g/mol. The Morgan fingerprint density at radius 3 is 2.78 bits per heavy atom. The minimum atomic E-state index is -0.787. The number of amides is 2. The average molecular weight is 378 g/mol. The van der Waals surface area contributed by atoms with E-state index in [1.54, 1.807) is 12.1 Å². The van der Waals surface area contributed by atoms with Crippen molar-refractivity contribution in [1.29, 1.82) is 0 Å². The molecule has 0 radical (unpaired) electrons. The number of carboxylic acids is 1. The van der Waals surface area contributed by atoms with Gasteiger partial charge in [-0.25, -0.2) is 9.18 Å². The molecule has 1 aromatic rings. The van der Waals surface area contributed by atoms with Crippen LogP contribution in [0.25, 0.3) is 0 Å². The summed E-state index contributed by atoms with van der Waals surface area (Å²) in [5, 5.41) is 15.1. The van der Waals surface area contributed by atoms with Crippen LogP contribution >= 0.6 is 0 Å². The molecule has 1 aromatic carbocycles. The summed E-state index contributed by atoms with van der Waals surface area (Å²) < 4.78 is 19.5. The minimum Gasteiger partial charge on any atom is -0.490 e. The first kappa shape index (κ1) is 19.5. The van der Waals surface area contributed by atoms with Gasteiger partial charge in [-0.05, 0) is 43.6 Å². The molecule has 0 spiro atoms. The number of carboxylic acid groups (broad SMARTS) is 1. The van der Waals surface area contributed by atoms with Crippen molar-refractivity contribution in [3.63, 3.8) is 0 Å². The van der Waals surface area contributed by atoms with Gasteiger partial charge in [-0.2, -0.15) is 0 Å². The predicted octanol–water partition coefficient (Wildman–Crippen LogP) is 3.47. The molecule has 7 heteroatoms. The Morgan fingerprint density at radius 1 is 1.37 bits per heavy atom. The van der Waals surface area contributed by atoms with Crippen molar-refractivity contribution in [1.82, 2.24) is 10.6 Å². The molecule has 2 aliphatic rings. The smallest absolute Gasteiger partial charge is 0.315 e. The molecule has 3 rings (SSSR count). The Kier molecular flexibility index (Phi) is 5.31. The number of rotatable bonds is 4. The number of urea groups is 1. The van der Waals surface area contributed by atoms with Gasteiger partial charge in [0.05, 0.1) is 18.6 Å². The topological polar surface area (TPSA) is 87.7 Å². The molecule has 1 aliphatic carbocycles. The van der Waals surface area contributed by atoms with E-state index in [1.807, 2.05) is 20.8 Å². The number of hydrogen-bond acceptors (Lipinski definition) is 3. The lowest BCUT2D eigenvalue weighted by atomic mass is 9.53. The molecule has 0 bridgehead atoms. The number of ether oxygens (including phenoxy) is 1. The fraction of sp³-hybridized carbons (Fsp3) is 0.600. The predicted molar refractivity (Wildman–Crippen MR) is 98.0 cm³/mol. The van der Waals surface area contributed by atoms with Gasteiger partial charge >= 0.3 is 12.0 Å². The number of hydrogen-bond donors (Lipinski definition) is 3. The van der Waals surface area contributed by atoms with Crippen LogP contribution in [0.15, 0.2) is 18.2 Å². The van der Waals surface area contributed by atoms with Crippen LogP contribution in [0.1, 0.15) is 51.6 Å². The zero-order chi connectivity index (χ0) is 19.8. The number of carbonyl (C=O) groups excluding carboxylic acids is 1. The van der Waals surface area contributed by atoms with E-state index in [-0.39, 0.29) is 41.1 Å². The van der Waals surface area contributed by atoms with Gasteiger partial charge in [-0.1, -0.05) is 26.0 Å². The minimum absolute atomic E-state index is 0.0894. The van der Waals surface area contributed by atoms with E-state index in [0.717, 1.165) is 0 Å². The van der Waals surface area contributed by atoms with Gasteiger partial charge in [0.1, 0.15) is 0 Å². The molecule has 0 saturated heterocycles. The van der Waals surface area contributed by atoms with Crippen LogP contribution in [0.5, 0.6) is 5.75 Å². The largest absolute Gasteiger partial charge is 0.490 e. The second kappa shape index (κ2) is 7.37. The lowest BCUT2D eigenvalue weighted by molar-refractivity contribution is -0.160. The van der Waals surface area contributed by atoms with Crippen LogP contribution in [0.2, 0.25) is 0 Å². The van der Waals surface area contributed by atoms with Crippen molar-refractivity contribution in [3.05, 3.63) is 29.6 Å². The molecular formula is C20H27FN2O4. The van der Waals surface area contributed by atoms with E-state index in [1.165, 1.54) is 6.07 Å². The van der Waals surface area contributed by atoms with Gasteiger partial charge < -0.3 is 20.5 Å². The maximum absolute atomic E-state index is 14.0. The van der Waals surface area contributed by atoms with Crippen LogP contribution in [0, 0.1) is 23.1 Å². The molecule has 148 valence electrons. The zero-order valence-electron chi connectivity index (χ0n) is 15.9. The lowest BCUT2D eigenvalue weighted by Gasteiger charge is -2.52. The second-order valence-electron chi connectivity index (χ2n) is 8.16. The highest BCUT2D eigenvalue weighted by atomic mass is 19.1. The summed E-state index contributed by atoms with van der Waals surface area (Å²) in [6.45, 7) is 6.17. The maximum Gasteiger partial charge on any atom is 0.315 e. The number of halogens is 1. The summed E-state index contributed by atoms with van der Waals surface area (Å²) in [7, 11) is 0. The normalized spacial score (nSPS) is 27.2. The molecule has 3 N–H and O–H groups in total. The SMILES string of the molecule is CC(NC(=O)NC1CCCOc2c(F)cccc21)[C@@H]1C[C@H](C(=O)O)C1(C)C. The summed E-state index contributed by atoms with van der Waals surface area (Å²) >= 11 is 0. The fourth-order valence-electron chi connectivity index (χ4n) is 4.45. The maximum atomic E-state index is 14.0. The number of aliphatic carboxylic acids is 1. The van der Waals surface area contributed by atoms with Crippen LogP contribution in [-0.2, 0) is 4.79 Å². The quantitative estimate of drug-likeness (QED) is 0.749. The van der Waals surface area contributed by atoms with Crippen LogP contribution < -0.4 is 15.4 Å². The Labute approximate surface area is 158 Å². The van der Waals surface area contributed by atoms with Gasteiger partial charge in [-0.15, -0.1) is 0 Å². The summed E-state index contributed by atoms with van der Waals surface area (Å²) in [5.74, 6) is -1.30. The zero-order valence-corrected chi connectivity index (χ0v) is 15.9. The average Bonchev–Trinajstić information content (AvgIpc) is 2.77. The molecular weight excluding hydrogens is 351 g/mol. The molecule has 2 amide bonds. The first-order valence-corrected chi connectivity index (χ1v) is 9.43. The standard InChI is InChI=1S/C20H27FN2O4/c1-11(13-10-14(18(24)25)20(13,2)3)22-19(26)23-16-8-5-9-27-17-12(16)6-4-7-15(17)21/h4,6-7,11,13-14,16H,5,8-10H2,1-3H3,(H,24,25)(H2,22,23,26)/t11?,13-,14+,16?/m0/s1. The van der Waals surface area contributed by atoms with Gasteiger partial charge in [0.25, 0.3) is 0 Å². The number of nitrogens with one attached hydrogen (secondary N) is 2. The molecule has 1 saturated carbocycles. The Hall–Kier alpha value is -2.31. The summed E-state index contributed by atoms with van der Waals surface area (Å²) in [5.41, 5.74) is 0.273. The Balaban J connectivity index is 1.63. The lowest BCUT2D eigenvalue weighted by Crippen LogP contribution is -2.58. The molecule has 4 atom stereocenters. The second-order valence-corrected chi connectivity index (χ2v) is 8.16. The summed E-state index contributed by atoms with van der Waals surface area (Å²) in [6, 6.07) is 3.90. The van der Waals surface area contributed by atoms with Gasteiger partial charge in [0, 0.05) is 11.6 Å². The highest BCUT2D eigenvalue weighted by Gasteiger charge is 2.54. The third kappa shape index (κ3) is 3.73. The van der Waals surface area contributed by atoms with Crippen molar-refractivity contribution in [2.45, 2.75) is 52.1 Å². The first-order valence-electron chi connectivity index (χ1n) is 9.43. The highest BCUT2D eigenvalue weighted by Crippen LogP contribution is 2.52. The molecule has 0 aromatic heterocycles. The van der Waals surface area contributed by atoms with Gasteiger partial charge in [0.2, 0.25) is 0 Å². The van der Waals surface area contributed by atoms with E-state index >= 15 is 0 Å². The fourth-order valence-corrected chi connectivity index (χ4v) is 4.45. The molecule has 2 unspecified atom stereocenters. The van der Waals surface area contributed by atoms with Crippen molar-refractivity contribution in [2.24, 2.45) is 17.3 Å². The van der Waals surface area contributed by atoms with E-state index in [0.29, 0.717) is 31.4 Å². The van der Waals surface area contributed by atoms with Crippen LogP contribution in [-0.4, -0.2) is 29.8 Å². The van der Waals surface area contributed by atoms with Crippen molar-refractivity contribution in [2.75, 3.05) is 6.61 Å². The number of para-hydroxylation sites is 1. The molecule has 27 heavy (non-hydrogen) atoms. The number of benzene rings is 1. The molecule has 1 fully saturated rings. The molecule has 1 aliphatic heterocycles. The summed E-state index contributed by atoms with van der Waals surface area (Å²) in [6.07, 6.45) is 1.92. The number of fused-ring (bicyclic) bond motifs is 1. The van der Waals surface area contributed by atoms with Crippen LogP contribution in [0.3, 0.4) is 0 Å². The van der Waals surface area contributed by atoms with Crippen LogP contribution in [0.4, 0.5) is 9.18 Å². The first-order chi connectivity index (χ1) is 12.7. The Bertz CT molecular complexity index is 737. The van der Waals surface area contributed by atoms with Gasteiger partial charge in [-0.3, -0.25) is 4.79 Å². The van der Waals surface area contributed by atoms with Gasteiger partial charge in [0.15, 0.2) is 11.6 Å². The Morgan fingerprint density at radius 2 is 2.11 bits per heavy atom. The third-order valence-electron chi connectivity index (χ3n) is 6.17. The van der Waals surface area contributed by atoms with Crippen molar-refractivity contribution in [3.8, 4) is 5.75 Å². The van der Waals surface area contributed by atoms with Crippen molar-refractivity contribution < 1.29 is 23.8 Å². The summed E-state index contributed by atoms with van der Waals surface area (Å²) in [4.78, 5) is 23.8. The van der Waals surface area contributed by atoms with E-state index in [9.17, 15) is 19.1 Å². The third-order valence-corrected chi connectivity index (χ3v) is 6.17. The van der Waals surface area contributed by atoms with E-state index in [4.69, 9.17) is 4.74 Å². The molecule has 1 heterocycles. The van der Waals surface area contributed by atoms with E-state index < -0.39 is 11.8 Å². The van der Waals surface area contributed by atoms with E-state index in [2.05, 4.69) is 10.6 Å².